The van der Waals surface area contributed by atoms with Gasteiger partial charge in [0.1, 0.15) is 6.04 Å². The molecule has 2 unspecified atom stereocenters. The molecule has 0 spiro atoms. The normalized spacial score (nSPS) is 15.9. The molecular formula is C6H13ClN2O2. The van der Waals surface area contributed by atoms with Crippen molar-refractivity contribution in [3.05, 3.63) is 0 Å². The van der Waals surface area contributed by atoms with Crippen molar-refractivity contribution in [2.75, 3.05) is 6.54 Å². The monoisotopic (exact) mass is 180 g/mol. The SMILES string of the molecule is NCCC(Cl)CC(N)C(=O)O. The Morgan fingerprint density at radius 1 is 1.64 bits per heavy atom. The molecule has 0 aliphatic rings. The first-order chi connectivity index (χ1) is 5.07. The Balaban J connectivity index is 3.56. The molecule has 11 heavy (non-hydrogen) atoms. The van der Waals surface area contributed by atoms with Crippen LogP contribution in [0.1, 0.15) is 12.8 Å². The van der Waals surface area contributed by atoms with Crippen LogP contribution >= 0.6 is 11.6 Å². The van der Waals surface area contributed by atoms with Gasteiger partial charge in [0.2, 0.25) is 0 Å². The molecule has 0 saturated carbocycles. The second-order valence-corrected chi connectivity index (χ2v) is 2.97. The van der Waals surface area contributed by atoms with E-state index in [9.17, 15) is 4.79 Å². The average molecular weight is 181 g/mol. The molecule has 5 N–H and O–H groups in total. The smallest absolute Gasteiger partial charge is 0.320 e. The number of carboxylic acid groups (broad SMARTS) is 1. The third-order valence-electron chi connectivity index (χ3n) is 1.31. The fraction of sp³-hybridized carbons (Fsp3) is 0.833. The van der Waals surface area contributed by atoms with E-state index in [0.717, 1.165) is 0 Å². The molecule has 0 aromatic heterocycles. The topological polar surface area (TPSA) is 89.3 Å². The van der Waals surface area contributed by atoms with Gasteiger partial charge in [-0.05, 0) is 19.4 Å². The molecule has 0 aromatic rings. The number of nitrogens with two attached hydrogens (primary N) is 2. The molecule has 0 aromatic carbocycles. The van der Waals surface area contributed by atoms with Crippen molar-refractivity contribution in [1.82, 2.24) is 0 Å². The molecule has 2 atom stereocenters. The van der Waals surface area contributed by atoms with E-state index in [-0.39, 0.29) is 11.8 Å². The molecule has 0 heterocycles. The molecule has 4 nitrogen and oxygen atoms in total. The number of carbonyl (C=O) groups is 1. The molecule has 0 aliphatic carbocycles. The first kappa shape index (κ1) is 10.7. The Morgan fingerprint density at radius 2 is 2.18 bits per heavy atom. The zero-order valence-corrected chi connectivity index (χ0v) is 6.92. The van der Waals surface area contributed by atoms with Gasteiger partial charge in [-0.25, -0.2) is 0 Å². The van der Waals surface area contributed by atoms with Crippen molar-refractivity contribution >= 4 is 17.6 Å². The number of alkyl halides is 1. The predicted octanol–water partition coefficient (Wildman–Crippen LogP) is -0.255. The van der Waals surface area contributed by atoms with E-state index in [2.05, 4.69) is 0 Å². The van der Waals surface area contributed by atoms with E-state index in [0.29, 0.717) is 13.0 Å². The maximum atomic E-state index is 10.2. The van der Waals surface area contributed by atoms with E-state index in [4.69, 9.17) is 28.2 Å². The summed E-state index contributed by atoms with van der Waals surface area (Å²) in [4.78, 5) is 10.2. The van der Waals surface area contributed by atoms with E-state index in [1.807, 2.05) is 0 Å². The number of carboxylic acids is 1. The van der Waals surface area contributed by atoms with E-state index in [1.54, 1.807) is 0 Å². The van der Waals surface area contributed by atoms with Crippen LogP contribution in [-0.2, 0) is 4.79 Å². The fourth-order valence-corrected chi connectivity index (χ4v) is 0.993. The molecule has 0 rings (SSSR count). The van der Waals surface area contributed by atoms with Crippen LogP contribution in [0.5, 0.6) is 0 Å². The first-order valence-corrected chi connectivity index (χ1v) is 3.84. The summed E-state index contributed by atoms with van der Waals surface area (Å²) in [6, 6.07) is -0.871. The van der Waals surface area contributed by atoms with Crippen molar-refractivity contribution < 1.29 is 9.90 Å². The Hall–Kier alpha value is -0.320. The Bertz CT molecular complexity index is 132. The van der Waals surface area contributed by atoms with Gasteiger partial charge in [-0.3, -0.25) is 4.79 Å². The van der Waals surface area contributed by atoms with Crippen LogP contribution in [0.25, 0.3) is 0 Å². The largest absolute Gasteiger partial charge is 0.480 e. The number of rotatable bonds is 5. The lowest BCUT2D eigenvalue weighted by atomic mass is 10.1. The molecule has 0 aliphatic heterocycles. The minimum atomic E-state index is -1.02. The van der Waals surface area contributed by atoms with Crippen molar-refractivity contribution in [3.8, 4) is 0 Å². The zero-order chi connectivity index (χ0) is 8.85. The van der Waals surface area contributed by atoms with Gasteiger partial charge in [-0.15, -0.1) is 11.6 Å². The van der Waals surface area contributed by atoms with Gasteiger partial charge in [-0.2, -0.15) is 0 Å². The number of aliphatic carboxylic acids is 1. The van der Waals surface area contributed by atoms with E-state index in [1.165, 1.54) is 0 Å². The second kappa shape index (κ2) is 5.35. The van der Waals surface area contributed by atoms with Gasteiger partial charge in [0, 0.05) is 5.38 Å². The van der Waals surface area contributed by atoms with Crippen LogP contribution in [0.4, 0.5) is 0 Å². The summed E-state index contributed by atoms with van der Waals surface area (Å²) in [6.45, 7) is 0.459. The summed E-state index contributed by atoms with van der Waals surface area (Å²) >= 11 is 5.70. The lowest BCUT2D eigenvalue weighted by Crippen LogP contribution is -2.33. The highest BCUT2D eigenvalue weighted by molar-refractivity contribution is 6.20. The molecule has 5 heteroatoms. The second-order valence-electron chi connectivity index (χ2n) is 2.36. The third-order valence-corrected chi connectivity index (χ3v) is 1.70. The third kappa shape index (κ3) is 5.01. The molecule has 0 radical (unpaired) electrons. The van der Waals surface area contributed by atoms with Crippen LogP contribution < -0.4 is 11.5 Å². The first-order valence-electron chi connectivity index (χ1n) is 3.40. The van der Waals surface area contributed by atoms with Crippen LogP contribution in [0.15, 0.2) is 0 Å². The van der Waals surface area contributed by atoms with Gasteiger partial charge in [0.25, 0.3) is 0 Å². The van der Waals surface area contributed by atoms with Gasteiger partial charge >= 0.3 is 5.97 Å². The van der Waals surface area contributed by atoms with Crippen LogP contribution in [0.3, 0.4) is 0 Å². The number of halogens is 1. The van der Waals surface area contributed by atoms with Crippen LogP contribution in [0.2, 0.25) is 0 Å². The highest BCUT2D eigenvalue weighted by Gasteiger charge is 2.15. The molecular weight excluding hydrogens is 168 g/mol. The van der Waals surface area contributed by atoms with Crippen LogP contribution in [0, 0.1) is 0 Å². The summed E-state index contributed by atoms with van der Waals surface area (Å²) in [5.74, 6) is -1.02. The van der Waals surface area contributed by atoms with Gasteiger partial charge in [0.05, 0.1) is 0 Å². The standard InChI is InChI=1S/C6H13ClN2O2/c7-4(1-2-8)3-5(9)6(10)11/h4-5H,1-3,8-9H2,(H,10,11). The minimum Gasteiger partial charge on any atom is -0.480 e. The number of hydrogen-bond acceptors (Lipinski definition) is 3. The summed E-state index contributed by atoms with van der Waals surface area (Å²) in [6.07, 6.45) is 0.872. The van der Waals surface area contributed by atoms with Gasteiger partial charge in [-0.1, -0.05) is 0 Å². The van der Waals surface area contributed by atoms with Gasteiger partial charge in [0.15, 0.2) is 0 Å². The van der Waals surface area contributed by atoms with Crippen LogP contribution in [-0.4, -0.2) is 29.0 Å². The summed E-state index contributed by atoms with van der Waals surface area (Å²) in [5, 5.41) is 8.15. The van der Waals surface area contributed by atoms with E-state index < -0.39 is 12.0 Å². The Morgan fingerprint density at radius 3 is 2.55 bits per heavy atom. The van der Waals surface area contributed by atoms with E-state index >= 15 is 0 Å². The highest BCUT2D eigenvalue weighted by Crippen LogP contribution is 2.07. The predicted molar refractivity (Wildman–Crippen MR) is 43.5 cm³/mol. The zero-order valence-electron chi connectivity index (χ0n) is 6.16. The Labute approximate surface area is 70.5 Å². The van der Waals surface area contributed by atoms with Crippen molar-refractivity contribution in [3.63, 3.8) is 0 Å². The summed E-state index contributed by atoms with van der Waals surface area (Å²) in [5.41, 5.74) is 10.4. The molecule has 0 fully saturated rings. The summed E-state index contributed by atoms with van der Waals surface area (Å²) < 4.78 is 0. The average Bonchev–Trinajstić information content (AvgIpc) is 1.87. The minimum absolute atomic E-state index is 0.230. The Kier molecular flexibility index (Phi) is 5.19. The fourth-order valence-electron chi connectivity index (χ4n) is 0.675. The molecule has 0 saturated heterocycles. The van der Waals surface area contributed by atoms with Gasteiger partial charge < -0.3 is 16.6 Å². The molecule has 0 bridgehead atoms. The maximum absolute atomic E-state index is 10.2. The lowest BCUT2D eigenvalue weighted by Gasteiger charge is -2.10. The lowest BCUT2D eigenvalue weighted by molar-refractivity contribution is -0.138. The molecule has 0 amide bonds. The highest BCUT2D eigenvalue weighted by atomic mass is 35.5. The summed E-state index contributed by atoms with van der Waals surface area (Å²) in [7, 11) is 0. The van der Waals surface area contributed by atoms with Crippen molar-refractivity contribution in [2.24, 2.45) is 11.5 Å². The quantitative estimate of drug-likeness (QED) is 0.509. The van der Waals surface area contributed by atoms with Crippen molar-refractivity contribution in [2.45, 2.75) is 24.3 Å². The molecule has 66 valence electrons. The maximum Gasteiger partial charge on any atom is 0.320 e. The number of hydrogen-bond donors (Lipinski definition) is 3. The van der Waals surface area contributed by atoms with Crippen molar-refractivity contribution in [1.29, 1.82) is 0 Å².